The number of benzene rings is 2. The maximum Gasteiger partial charge on any atom is 0.268 e. The number of rotatable bonds is 4. The molecule has 3 rings (SSSR count). The number of phenols is 1. The van der Waals surface area contributed by atoms with Gasteiger partial charge < -0.3 is 19.8 Å². The fraction of sp³-hybridized carbons (Fsp3) is 0.190. The van der Waals surface area contributed by atoms with E-state index in [1.807, 2.05) is 0 Å². The van der Waals surface area contributed by atoms with Crippen molar-refractivity contribution in [1.29, 1.82) is 10.5 Å². The van der Waals surface area contributed by atoms with Crippen LogP contribution in [0.3, 0.4) is 0 Å². The van der Waals surface area contributed by atoms with Gasteiger partial charge >= 0.3 is 0 Å². The molecule has 0 unspecified atom stereocenters. The zero-order chi connectivity index (χ0) is 22.7. The van der Waals surface area contributed by atoms with Crippen molar-refractivity contribution in [2.24, 2.45) is 0 Å². The van der Waals surface area contributed by atoms with Gasteiger partial charge in [0.15, 0.2) is 11.3 Å². The summed E-state index contributed by atoms with van der Waals surface area (Å²) in [4.78, 5) is 14.5. The summed E-state index contributed by atoms with van der Waals surface area (Å²) in [7, 11) is 1.35. The Morgan fingerprint density at radius 1 is 1.35 bits per heavy atom. The fourth-order valence-electron chi connectivity index (χ4n) is 2.91. The van der Waals surface area contributed by atoms with Crippen LogP contribution in [-0.2, 0) is 11.3 Å². The molecule has 1 amide bonds. The predicted octanol–water partition coefficient (Wildman–Crippen LogP) is 3.99. The minimum Gasteiger partial charge on any atom is -0.506 e. The van der Waals surface area contributed by atoms with Gasteiger partial charge in [-0.25, -0.2) is 4.39 Å². The van der Waals surface area contributed by atoms with Crippen molar-refractivity contribution in [2.45, 2.75) is 11.4 Å². The molecule has 0 aliphatic carbocycles. The monoisotopic (exact) mass is 459 g/mol. The van der Waals surface area contributed by atoms with Gasteiger partial charge in [0.25, 0.3) is 5.91 Å². The van der Waals surface area contributed by atoms with E-state index in [1.165, 1.54) is 30.9 Å². The summed E-state index contributed by atoms with van der Waals surface area (Å²) in [6.07, 6.45) is 0. The number of halogens is 2. The first-order valence-electron chi connectivity index (χ1n) is 8.86. The second-order valence-corrected chi connectivity index (χ2v) is 8.09. The van der Waals surface area contributed by atoms with Gasteiger partial charge in [0, 0.05) is 30.5 Å². The molecular formula is C21H15ClFN3O4S. The van der Waals surface area contributed by atoms with Crippen LogP contribution in [-0.4, -0.2) is 40.4 Å². The third-order valence-electron chi connectivity index (χ3n) is 4.49. The Morgan fingerprint density at radius 2 is 2.10 bits per heavy atom. The molecule has 0 saturated carbocycles. The minimum absolute atomic E-state index is 0.0944. The van der Waals surface area contributed by atoms with Crippen LogP contribution in [0.25, 0.3) is 5.76 Å². The molecular weight excluding hydrogens is 445 g/mol. The van der Waals surface area contributed by atoms with E-state index >= 15 is 0 Å². The van der Waals surface area contributed by atoms with Crippen molar-refractivity contribution >= 4 is 35.0 Å². The number of phenolic OH excluding ortho intramolecular Hbond substituents is 1. The van der Waals surface area contributed by atoms with E-state index < -0.39 is 28.8 Å². The van der Waals surface area contributed by atoms with Gasteiger partial charge in [-0.2, -0.15) is 10.5 Å². The van der Waals surface area contributed by atoms with Crippen LogP contribution in [0.4, 0.5) is 4.39 Å². The van der Waals surface area contributed by atoms with E-state index in [9.17, 15) is 24.7 Å². The second-order valence-electron chi connectivity index (χ2n) is 6.55. The lowest BCUT2D eigenvalue weighted by atomic mass is 10.0. The molecule has 158 valence electrons. The minimum atomic E-state index is -0.866. The average Bonchev–Trinajstić information content (AvgIpc) is 2.76. The van der Waals surface area contributed by atoms with E-state index in [2.05, 4.69) is 0 Å². The number of carbonyl (C=O) groups excluding carboxylic acids is 1. The highest BCUT2D eigenvalue weighted by Crippen LogP contribution is 2.36. The lowest BCUT2D eigenvalue weighted by molar-refractivity contribution is -0.126. The van der Waals surface area contributed by atoms with Gasteiger partial charge in [0.1, 0.15) is 29.5 Å². The van der Waals surface area contributed by atoms with Crippen LogP contribution in [0.5, 0.6) is 11.5 Å². The molecule has 0 bridgehead atoms. The average molecular weight is 460 g/mol. The molecule has 7 nitrogen and oxygen atoms in total. The van der Waals surface area contributed by atoms with E-state index in [4.69, 9.17) is 21.6 Å². The number of ether oxygens (including phenoxy) is 1. The lowest BCUT2D eigenvalue weighted by Gasteiger charge is -2.21. The van der Waals surface area contributed by atoms with E-state index in [1.54, 1.807) is 12.1 Å². The van der Waals surface area contributed by atoms with E-state index in [-0.39, 0.29) is 28.3 Å². The normalized spacial score (nSPS) is 13.2. The van der Waals surface area contributed by atoms with Crippen LogP contribution in [0.1, 0.15) is 16.7 Å². The Morgan fingerprint density at radius 3 is 2.77 bits per heavy atom. The first kappa shape index (κ1) is 22.3. The zero-order valence-corrected chi connectivity index (χ0v) is 17.7. The number of hydrogen-bond donors (Lipinski definition) is 2. The number of nitrogens with zero attached hydrogens (tertiary/aromatic N) is 3. The van der Waals surface area contributed by atoms with Gasteiger partial charge in [0.2, 0.25) is 0 Å². The number of aromatic hydroxyl groups is 1. The molecule has 0 spiro atoms. The third kappa shape index (κ3) is 4.53. The summed E-state index contributed by atoms with van der Waals surface area (Å²) < 4.78 is 20.0. The standard InChI is InChI=1S/C21H15ClFN3O4S/c1-26(10-13-6-17-18(7-16(13)23)31-3-2-30-17)21(29)14(9-25)19(27)11-4-12(8-24)20(28)15(22)5-11/h4-7,27-28H,2-3,10H2,1H3/b19-14-. The number of aliphatic hydroxyl groups is 1. The third-order valence-corrected chi connectivity index (χ3v) is 5.77. The summed E-state index contributed by atoms with van der Waals surface area (Å²) in [6.45, 7) is 0.316. The van der Waals surface area contributed by atoms with Crippen LogP contribution in [0, 0.1) is 28.5 Å². The number of aliphatic hydroxyl groups excluding tert-OH is 1. The maximum atomic E-state index is 14.5. The van der Waals surface area contributed by atoms with Gasteiger partial charge in [0.05, 0.1) is 22.1 Å². The molecule has 0 aromatic heterocycles. The van der Waals surface area contributed by atoms with Crippen molar-refractivity contribution < 1.29 is 24.1 Å². The first-order chi connectivity index (χ1) is 14.8. The Labute approximate surface area is 186 Å². The Kier molecular flexibility index (Phi) is 6.59. The molecule has 2 N–H and O–H groups in total. The van der Waals surface area contributed by atoms with Crippen molar-refractivity contribution in [1.82, 2.24) is 4.90 Å². The summed E-state index contributed by atoms with van der Waals surface area (Å²) in [5.74, 6) is -1.35. The quantitative estimate of drug-likeness (QED) is 0.403. The number of nitriles is 2. The second kappa shape index (κ2) is 9.17. The van der Waals surface area contributed by atoms with Gasteiger partial charge in [-0.05, 0) is 24.3 Å². The molecule has 10 heteroatoms. The molecule has 31 heavy (non-hydrogen) atoms. The SMILES string of the molecule is CN(Cc1cc2c(cc1F)SCCO2)C(=O)/C(C#N)=C(\O)c1cc(Cl)c(O)c(C#N)c1. The highest BCUT2D eigenvalue weighted by Gasteiger charge is 2.24. The zero-order valence-electron chi connectivity index (χ0n) is 16.1. The summed E-state index contributed by atoms with van der Waals surface area (Å²) >= 11 is 7.32. The molecule has 0 atom stereocenters. The number of fused-ring (bicyclic) bond motifs is 1. The predicted molar refractivity (Wildman–Crippen MR) is 112 cm³/mol. The molecule has 0 fully saturated rings. The summed E-state index contributed by atoms with van der Waals surface area (Å²) in [5.41, 5.74) is -0.768. The highest BCUT2D eigenvalue weighted by molar-refractivity contribution is 7.99. The van der Waals surface area contributed by atoms with Gasteiger partial charge in [-0.15, -0.1) is 11.8 Å². The molecule has 1 aliphatic heterocycles. The van der Waals surface area contributed by atoms with E-state index in [0.717, 1.165) is 17.0 Å². The molecule has 0 saturated heterocycles. The fourth-order valence-corrected chi connectivity index (χ4v) is 3.97. The van der Waals surface area contributed by atoms with Crippen LogP contribution in [0.2, 0.25) is 5.02 Å². The molecule has 2 aromatic rings. The Hall–Kier alpha value is -3.40. The lowest BCUT2D eigenvalue weighted by Crippen LogP contribution is -2.28. The van der Waals surface area contributed by atoms with Gasteiger partial charge in [-0.3, -0.25) is 4.79 Å². The molecule has 0 radical (unpaired) electrons. The van der Waals surface area contributed by atoms with Gasteiger partial charge in [-0.1, -0.05) is 11.6 Å². The highest BCUT2D eigenvalue weighted by atomic mass is 35.5. The van der Waals surface area contributed by atoms with Crippen molar-refractivity contribution in [2.75, 3.05) is 19.4 Å². The Bertz CT molecular complexity index is 1190. The van der Waals surface area contributed by atoms with Crippen molar-refractivity contribution in [3.8, 4) is 23.6 Å². The molecule has 1 heterocycles. The van der Waals surface area contributed by atoms with E-state index in [0.29, 0.717) is 23.0 Å². The first-order valence-corrected chi connectivity index (χ1v) is 10.2. The molecule has 2 aromatic carbocycles. The number of amides is 1. The van der Waals surface area contributed by atoms with Crippen LogP contribution < -0.4 is 4.74 Å². The maximum absolute atomic E-state index is 14.5. The Balaban J connectivity index is 1.91. The summed E-state index contributed by atoms with van der Waals surface area (Å²) in [6, 6.07) is 8.40. The van der Waals surface area contributed by atoms with Crippen molar-refractivity contribution in [3.63, 3.8) is 0 Å². The number of hydrogen-bond acceptors (Lipinski definition) is 7. The van der Waals surface area contributed by atoms with Crippen molar-refractivity contribution in [3.05, 3.63) is 57.4 Å². The summed E-state index contributed by atoms with van der Waals surface area (Å²) in [5, 5.41) is 38.5. The number of likely N-dealkylation sites (N-methyl/N-ethyl adjacent to an activating group) is 1. The smallest absolute Gasteiger partial charge is 0.268 e. The van der Waals surface area contributed by atoms with Crippen LogP contribution >= 0.6 is 23.4 Å². The topological polar surface area (TPSA) is 118 Å². The largest absolute Gasteiger partial charge is 0.506 e. The van der Waals surface area contributed by atoms with Crippen LogP contribution in [0.15, 0.2) is 34.7 Å². The number of carbonyl (C=O) groups is 1. The number of thioether (sulfide) groups is 1. The molecule has 1 aliphatic rings.